The summed E-state index contributed by atoms with van der Waals surface area (Å²) in [5.74, 6) is -2.08. The fourth-order valence-corrected chi connectivity index (χ4v) is 3.49. The van der Waals surface area contributed by atoms with Gasteiger partial charge < -0.3 is 24.6 Å². The lowest BCUT2D eigenvalue weighted by atomic mass is 9.94. The van der Waals surface area contributed by atoms with Crippen LogP contribution in [0, 0.1) is 0 Å². The molecule has 0 fully saturated rings. The summed E-state index contributed by atoms with van der Waals surface area (Å²) in [7, 11) is 2.45. The van der Waals surface area contributed by atoms with Gasteiger partial charge in [0.2, 0.25) is 0 Å². The number of esters is 1. The van der Waals surface area contributed by atoms with Gasteiger partial charge in [-0.2, -0.15) is 8.78 Å². The second-order valence-electron chi connectivity index (χ2n) is 6.85. The number of aromatic carboxylic acids is 1. The maximum absolute atomic E-state index is 13.0. The molecule has 1 unspecified atom stereocenters. The fraction of sp³-hybridized carbons (Fsp3) is 0.227. The number of alkyl halides is 2. The van der Waals surface area contributed by atoms with E-state index in [0.717, 1.165) is 0 Å². The van der Waals surface area contributed by atoms with Crippen molar-refractivity contribution < 1.29 is 42.5 Å². The van der Waals surface area contributed by atoms with Crippen molar-refractivity contribution in [2.45, 2.75) is 19.6 Å². The van der Waals surface area contributed by atoms with Crippen LogP contribution in [0.4, 0.5) is 19.3 Å². The minimum atomic E-state index is -3.06. The minimum Gasteiger partial charge on any atom is -0.493 e. The van der Waals surface area contributed by atoms with E-state index in [1.54, 1.807) is 0 Å². The molecule has 0 saturated carbocycles. The van der Waals surface area contributed by atoms with Gasteiger partial charge in [0.05, 0.1) is 37.1 Å². The predicted molar refractivity (Wildman–Crippen MR) is 111 cm³/mol. The van der Waals surface area contributed by atoms with Crippen molar-refractivity contribution in [1.29, 1.82) is 0 Å². The molecule has 0 aromatic heterocycles. The van der Waals surface area contributed by atoms with E-state index in [9.17, 15) is 23.2 Å². The van der Waals surface area contributed by atoms with E-state index in [1.165, 1.54) is 68.5 Å². The molecule has 174 valence electrons. The number of carboxylic acids is 1. The van der Waals surface area contributed by atoms with Gasteiger partial charge in [-0.25, -0.2) is 14.4 Å². The molecular formula is C22H20F2N2O7. The Morgan fingerprint density at radius 3 is 2.30 bits per heavy atom. The Kier molecular flexibility index (Phi) is 6.80. The van der Waals surface area contributed by atoms with Crippen LogP contribution in [0.25, 0.3) is 0 Å². The standard InChI is InChI=1S/C22H20F2N2O7/c1-11-17(20(29)32-3)18(13-6-9-15(33-21(23)24)16(10-13)31-2)25-22(30)26(11)14-7-4-12(5-8-14)19(27)28/h4-10,18,21H,1-3H3,(H,25,30)(H,27,28). The Morgan fingerprint density at radius 1 is 1.09 bits per heavy atom. The number of carboxylic acid groups (broad SMARTS) is 1. The summed E-state index contributed by atoms with van der Waals surface area (Å²) in [6.07, 6.45) is 0. The molecule has 2 amide bonds. The number of methoxy groups -OCH3 is 2. The van der Waals surface area contributed by atoms with Gasteiger partial charge in [-0.05, 0) is 48.9 Å². The number of nitrogens with zero attached hydrogens (tertiary/aromatic N) is 1. The van der Waals surface area contributed by atoms with Crippen LogP contribution in [0.15, 0.2) is 53.7 Å². The first kappa shape index (κ1) is 23.5. The molecule has 0 radical (unpaired) electrons. The number of ether oxygens (including phenoxy) is 3. The van der Waals surface area contributed by atoms with E-state index in [4.69, 9.17) is 14.6 Å². The largest absolute Gasteiger partial charge is 0.493 e. The lowest BCUT2D eigenvalue weighted by Crippen LogP contribution is -2.48. The molecule has 0 aliphatic carbocycles. The summed E-state index contributed by atoms with van der Waals surface area (Å²) < 4.78 is 39.7. The Balaban J connectivity index is 2.08. The van der Waals surface area contributed by atoms with Crippen LogP contribution in [0.1, 0.15) is 28.9 Å². The van der Waals surface area contributed by atoms with Crippen molar-refractivity contribution in [3.63, 3.8) is 0 Å². The van der Waals surface area contributed by atoms with Crippen molar-refractivity contribution in [3.05, 3.63) is 64.9 Å². The lowest BCUT2D eigenvalue weighted by molar-refractivity contribution is -0.136. The van der Waals surface area contributed by atoms with E-state index in [2.05, 4.69) is 10.1 Å². The van der Waals surface area contributed by atoms with Gasteiger partial charge in [-0.3, -0.25) is 4.90 Å². The third kappa shape index (κ3) is 4.71. The summed E-state index contributed by atoms with van der Waals surface area (Å²) >= 11 is 0. The zero-order valence-corrected chi connectivity index (χ0v) is 17.8. The number of halogens is 2. The van der Waals surface area contributed by atoms with Crippen LogP contribution in [0.3, 0.4) is 0 Å². The molecule has 1 aliphatic heterocycles. The number of anilines is 1. The number of allylic oxidation sites excluding steroid dienone is 1. The molecule has 11 heteroatoms. The molecular weight excluding hydrogens is 442 g/mol. The van der Waals surface area contributed by atoms with Crippen LogP contribution in [0.2, 0.25) is 0 Å². The van der Waals surface area contributed by atoms with Crippen molar-refractivity contribution in [2.75, 3.05) is 19.1 Å². The van der Waals surface area contributed by atoms with Crippen molar-refractivity contribution in [3.8, 4) is 11.5 Å². The SMILES string of the molecule is COC(=O)C1=C(C)N(c2ccc(C(=O)O)cc2)C(=O)NC1c1ccc(OC(F)F)c(OC)c1. The van der Waals surface area contributed by atoms with Gasteiger partial charge in [0.1, 0.15) is 0 Å². The van der Waals surface area contributed by atoms with Crippen LogP contribution < -0.4 is 19.7 Å². The molecule has 0 saturated heterocycles. The number of carbonyl (C=O) groups is 3. The topological polar surface area (TPSA) is 114 Å². The molecule has 2 aromatic carbocycles. The Labute approximate surface area is 187 Å². The molecule has 2 aromatic rings. The Morgan fingerprint density at radius 2 is 1.76 bits per heavy atom. The third-order valence-corrected chi connectivity index (χ3v) is 5.00. The monoisotopic (exact) mass is 462 g/mol. The molecule has 1 aliphatic rings. The number of nitrogens with one attached hydrogen (secondary N) is 1. The molecule has 0 spiro atoms. The number of carbonyl (C=O) groups excluding carboxylic acids is 2. The van der Waals surface area contributed by atoms with Crippen LogP contribution in [-0.4, -0.2) is 43.9 Å². The summed E-state index contributed by atoms with van der Waals surface area (Å²) in [6.45, 7) is -1.53. The minimum absolute atomic E-state index is 0.0180. The van der Waals surface area contributed by atoms with Gasteiger partial charge in [-0.15, -0.1) is 0 Å². The highest BCUT2D eigenvalue weighted by atomic mass is 19.3. The van der Waals surface area contributed by atoms with E-state index in [0.29, 0.717) is 11.3 Å². The lowest BCUT2D eigenvalue weighted by Gasteiger charge is -2.35. The number of amides is 2. The second-order valence-corrected chi connectivity index (χ2v) is 6.85. The van der Waals surface area contributed by atoms with Crippen molar-refractivity contribution in [2.24, 2.45) is 0 Å². The maximum atomic E-state index is 13.0. The van der Waals surface area contributed by atoms with E-state index in [1.807, 2.05) is 0 Å². The smallest absolute Gasteiger partial charge is 0.387 e. The summed E-state index contributed by atoms with van der Waals surface area (Å²) in [6, 6.07) is 7.98. The van der Waals surface area contributed by atoms with Crippen LogP contribution in [0.5, 0.6) is 11.5 Å². The number of benzene rings is 2. The molecule has 33 heavy (non-hydrogen) atoms. The molecule has 1 atom stereocenters. The Hall–Kier alpha value is -4.15. The third-order valence-electron chi connectivity index (χ3n) is 5.00. The Bertz CT molecular complexity index is 1120. The molecule has 3 rings (SSSR count). The molecule has 2 N–H and O–H groups in total. The molecule has 1 heterocycles. The van der Waals surface area contributed by atoms with Gasteiger partial charge in [0, 0.05) is 5.70 Å². The highest BCUT2D eigenvalue weighted by Crippen LogP contribution is 2.38. The summed E-state index contributed by atoms with van der Waals surface area (Å²) in [5.41, 5.74) is 1.05. The van der Waals surface area contributed by atoms with E-state index in [-0.39, 0.29) is 28.3 Å². The highest BCUT2D eigenvalue weighted by molar-refractivity contribution is 6.03. The average Bonchev–Trinajstić information content (AvgIpc) is 2.78. The first-order valence-electron chi connectivity index (χ1n) is 9.53. The maximum Gasteiger partial charge on any atom is 0.387 e. The number of hydrogen-bond acceptors (Lipinski definition) is 6. The predicted octanol–water partition coefficient (Wildman–Crippen LogP) is 3.71. The van der Waals surface area contributed by atoms with Gasteiger partial charge in [-0.1, -0.05) is 6.07 Å². The number of rotatable bonds is 7. The second kappa shape index (κ2) is 9.55. The van der Waals surface area contributed by atoms with Gasteiger partial charge >= 0.3 is 24.6 Å². The van der Waals surface area contributed by atoms with Crippen LogP contribution in [-0.2, 0) is 9.53 Å². The summed E-state index contributed by atoms with van der Waals surface area (Å²) in [5, 5.41) is 11.8. The van der Waals surface area contributed by atoms with E-state index < -0.39 is 30.6 Å². The highest BCUT2D eigenvalue weighted by Gasteiger charge is 2.37. The average molecular weight is 462 g/mol. The molecule has 9 nitrogen and oxygen atoms in total. The first-order chi connectivity index (χ1) is 15.7. The van der Waals surface area contributed by atoms with Crippen LogP contribution >= 0.6 is 0 Å². The van der Waals surface area contributed by atoms with Crippen molar-refractivity contribution in [1.82, 2.24) is 5.32 Å². The van der Waals surface area contributed by atoms with Gasteiger partial charge in [0.25, 0.3) is 0 Å². The first-order valence-corrected chi connectivity index (χ1v) is 9.53. The zero-order valence-electron chi connectivity index (χ0n) is 17.8. The zero-order chi connectivity index (χ0) is 24.3. The van der Waals surface area contributed by atoms with E-state index >= 15 is 0 Å². The quantitative estimate of drug-likeness (QED) is 0.603. The molecule has 0 bridgehead atoms. The normalized spacial score (nSPS) is 15.9. The van der Waals surface area contributed by atoms with Gasteiger partial charge in [0.15, 0.2) is 11.5 Å². The van der Waals surface area contributed by atoms with Crippen molar-refractivity contribution >= 4 is 23.7 Å². The number of hydrogen-bond donors (Lipinski definition) is 2. The fourth-order valence-electron chi connectivity index (χ4n) is 3.49. The number of urea groups is 1. The summed E-state index contributed by atoms with van der Waals surface area (Å²) in [4.78, 5) is 38.0.